The predicted octanol–water partition coefficient (Wildman–Crippen LogP) is 4.63. The standard InChI is InChI=1S/C26H22F3NO4/c27-26(28,29)21-12-6-1-7-15(21)13-22(30)23(24(31)32)25(33)34-14-20-18-10-4-2-8-16(18)17-9-3-5-11-19(17)20/h1-12,20,22-23H,13-14,30H2,(H,31,32)/t22?,23-/m1/s1. The number of carbonyl (C=O) groups is 2. The van der Waals surface area contributed by atoms with Crippen molar-refractivity contribution in [3.63, 3.8) is 0 Å². The van der Waals surface area contributed by atoms with Crippen molar-refractivity contribution in [2.75, 3.05) is 6.61 Å². The molecule has 176 valence electrons. The second-order valence-electron chi connectivity index (χ2n) is 8.20. The van der Waals surface area contributed by atoms with Crippen molar-refractivity contribution >= 4 is 11.9 Å². The summed E-state index contributed by atoms with van der Waals surface area (Å²) in [5, 5.41) is 9.63. The third kappa shape index (κ3) is 4.54. The van der Waals surface area contributed by atoms with Crippen LogP contribution in [0.4, 0.5) is 13.2 Å². The molecule has 0 spiro atoms. The fraction of sp³-hybridized carbons (Fsp3) is 0.231. The smallest absolute Gasteiger partial charge is 0.416 e. The van der Waals surface area contributed by atoms with E-state index in [1.165, 1.54) is 18.2 Å². The Hall–Kier alpha value is -3.65. The van der Waals surface area contributed by atoms with E-state index in [4.69, 9.17) is 10.5 Å². The summed E-state index contributed by atoms with van der Waals surface area (Å²) in [6, 6.07) is 18.7. The van der Waals surface area contributed by atoms with E-state index in [1.807, 2.05) is 48.5 Å². The minimum Gasteiger partial charge on any atom is -0.481 e. The van der Waals surface area contributed by atoms with Gasteiger partial charge in [-0.3, -0.25) is 9.59 Å². The molecule has 3 N–H and O–H groups in total. The molecular formula is C26H22F3NO4. The first kappa shape index (κ1) is 23.5. The van der Waals surface area contributed by atoms with Gasteiger partial charge in [0.1, 0.15) is 6.61 Å². The van der Waals surface area contributed by atoms with Crippen LogP contribution in [0.1, 0.15) is 28.2 Å². The van der Waals surface area contributed by atoms with Gasteiger partial charge in [0.05, 0.1) is 5.56 Å². The lowest BCUT2D eigenvalue weighted by Gasteiger charge is -2.22. The van der Waals surface area contributed by atoms with Gasteiger partial charge in [-0.2, -0.15) is 13.2 Å². The number of carbonyl (C=O) groups excluding carboxylic acids is 1. The summed E-state index contributed by atoms with van der Waals surface area (Å²) >= 11 is 0. The minimum atomic E-state index is -4.63. The van der Waals surface area contributed by atoms with Crippen molar-refractivity contribution < 1.29 is 32.6 Å². The largest absolute Gasteiger partial charge is 0.481 e. The van der Waals surface area contributed by atoms with Crippen LogP contribution in [0.25, 0.3) is 11.1 Å². The van der Waals surface area contributed by atoms with Crippen molar-refractivity contribution in [2.45, 2.75) is 24.6 Å². The fourth-order valence-electron chi connectivity index (χ4n) is 4.50. The number of hydrogen-bond donors (Lipinski definition) is 2. The summed E-state index contributed by atoms with van der Waals surface area (Å²) in [4.78, 5) is 24.6. The topological polar surface area (TPSA) is 89.6 Å². The molecule has 0 saturated heterocycles. The Balaban J connectivity index is 1.51. The van der Waals surface area contributed by atoms with Crippen molar-refractivity contribution in [1.29, 1.82) is 0 Å². The first-order valence-corrected chi connectivity index (χ1v) is 10.7. The van der Waals surface area contributed by atoms with Crippen LogP contribution >= 0.6 is 0 Å². The number of fused-ring (bicyclic) bond motifs is 3. The Bertz CT molecular complexity index is 1180. The summed E-state index contributed by atoms with van der Waals surface area (Å²) in [6.45, 7) is -0.109. The normalized spacial score (nSPS) is 14.7. The molecule has 0 amide bonds. The molecule has 0 saturated carbocycles. The molecule has 4 rings (SSSR count). The van der Waals surface area contributed by atoms with Crippen LogP contribution in [0, 0.1) is 5.92 Å². The summed E-state index contributed by atoms with van der Waals surface area (Å²) in [7, 11) is 0. The Kier molecular flexibility index (Phi) is 6.43. The second kappa shape index (κ2) is 9.30. The fourth-order valence-corrected chi connectivity index (χ4v) is 4.50. The molecule has 1 unspecified atom stereocenters. The number of carboxylic acids is 1. The third-order valence-electron chi connectivity index (χ3n) is 6.08. The molecule has 5 nitrogen and oxygen atoms in total. The highest BCUT2D eigenvalue weighted by molar-refractivity contribution is 5.95. The average molecular weight is 469 g/mol. The van der Waals surface area contributed by atoms with E-state index in [-0.39, 0.29) is 18.1 Å². The SMILES string of the molecule is NC(Cc1ccccc1C(F)(F)F)[C@H](C(=O)O)C(=O)OCC1c2ccccc2-c2ccccc21. The lowest BCUT2D eigenvalue weighted by Crippen LogP contribution is -2.43. The van der Waals surface area contributed by atoms with Crippen LogP contribution in [-0.2, 0) is 26.9 Å². The van der Waals surface area contributed by atoms with E-state index in [1.54, 1.807) is 0 Å². The maximum atomic E-state index is 13.3. The third-order valence-corrected chi connectivity index (χ3v) is 6.08. The maximum absolute atomic E-state index is 13.3. The van der Waals surface area contributed by atoms with Gasteiger partial charge in [0.25, 0.3) is 0 Å². The number of nitrogens with two attached hydrogens (primary N) is 1. The number of benzene rings is 3. The van der Waals surface area contributed by atoms with E-state index in [0.717, 1.165) is 28.3 Å². The zero-order chi connectivity index (χ0) is 24.5. The maximum Gasteiger partial charge on any atom is 0.416 e. The summed E-state index contributed by atoms with van der Waals surface area (Å²) in [5.74, 6) is -4.72. The summed E-state index contributed by atoms with van der Waals surface area (Å²) in [6.07, 6.45) is -5.07. The van der Waals surface area contributed by atoms with E-state index in [0.29, 0.717) is 0 Å². The molecule has 3 aromatic carbocycles. The van der Waals surface area contributed by atoms with Gasteiger partial charge in [0.2, 0.25) is 0 Å². The predicted molar refractivity (Wildman–Crippen MR) is 119 cm³/mol. The molecule has 1 aliphatic carbocycles. The second-order valence-corrected chi connectivity index (χ2v) is 8.20. The van der Waals surface area contributed by atoms with Gasteiger partial charge < -0.3 is 15.6 Å². The number of rotatable bonds is 7. The summed E-state index contributed by atoms with van der Waals surface area (Å²) in [5.41, 5.74) is 8.78. The highest BCUT2D eigenvalue weighted by atomic mass is 19.4. The van der Waals surface area contributed by atoms with Gasteiger partial charge in [0.15, 0.2) is 5.92 Å². The van der Waals surface area contributed by atoms with E-state index >= 15 is 0 Å². The molecule has 1 aliphatic rings. The molecule has 2 atom stereocenters. The van der Waals surface area contributed by atoms with E-state index in [9.17, 15) is 27.9 Å². The molecule has 8 heteroatoms. The van der Waals surface area contributed by atoms with E-state index < -0.39 is 42.1 Å². The molecular weight excluding hydrogens is 447 g/mol. The van der Waals surface area contributed by atoms with Gasteiger partial charge in [-0.05, 0) is 40.3 Å². The average Bonchev–Trinajstić information content (AvgIpc) is 3.11. The van der Waals surface area contributed by atoms with Crippen molar-refractivity contribution in [3.05, 3.63) is 95.1 Å². The molecule has 0 radical (unpaired) electrons. The van der Waals surface area contributed by atoms with Crippen LogP contribution in [0.2, 0.25) is 0 Å². The number of ether oxygens (including phenoxy) is 1. The van der Waals surface area contributed by atoms with E-state index in [2.05, 4.69) is 0 Å². The quantitative estimate of drug-likeness (QED) is 0.389. The van der Waals surface area contributed by atoms with Crippen LogP contribution in [0.5, 0.6) is 0 Å². The van der Waals surface area contributed by atoms with Crippen LogP contribution in [0.3, 0.4) is 0 Å². The Morgan fingerprint density at radius 3 is 2.00 bits per heavy atom. The number of esters is 1. The number of hydrogen-bond acceptors (Lipinski definition) is 4. The van der Waals surface area contributed by atoms with Crippen LogP contribution < -0.4 is 5.73 Å². The first-order valence-electron chi connectivity index (χ1n) is 10.7. The zero-order valence-corrected chi connectivity index (χ0v) is 18.0. The Morgan fingerprint density at radius 1 is 0.912 bits per heavy atom. The van der Waals surface area contributed by atoms with Gasteiger partial charge in [-0.1, -0.05) is 66.7 Å². The van der Waals surface area contributed by atoms with Gasteiger partial charge in [0, 0.05) is 12.0 Å². The number of alkyl halides is 3. The van der Waals surface area contributed by atoms with Crippen molar-refractivity contribution in [2.24, 2.45) is 11.7 Å². The van der Waals surface area contributed by atoms with Crippen LogP contribution in [-0.4, -0.2) is 29.7 Å². The number of halogens is 3. The molecule has 0 bridgehead atoms. The highest BCUT2D eigenvalue weighted by Gasteiger charge is 2.38. The number of carboxylic acid groups (broad SMARTS) is 1. The molecule has 3 aromatic rings. The van der Waals surface area contributed by atoms with Gasteiger partial charge in [-0.25, -0.2) is 0 Å². The molecule has 0 aliphatic heterocycles. The Morgan fingerprint density at radius 2 is 1.44 bits per heavy atom. The van der Waals surface area contributed by atoms with Gasteiger partial charge >= 0.3 is 18.1 Å². The molecule has 0 fully saturated rings. The number of aliphatic carboxylic acids is 1. The lowest BCUT2D eigenvalue weighted by atomic mass is 9.91. The minimum absolute atomic E-state index is 0.109. The monoisotopic (exact) mass is 469 g/mol. The molecule has 0 heterocycles. The molecule has 34 heavy (non-hydrogen) atoms. The highest BCUT2D eigenvalue weighted by Crippen LogP contribution is 2.44. The zero-order valence-electron chi connectivity index (χ0n) is 18.0. The summed E-state index contributed by atoms with van der Waals surface area (Å²) < 4.78 is 45.3. The van der Waals surface area contributed by atoms with Crippen LogP contribution in [0.15, 0.2) is 72.8 Å². The Labute approximate surface area is 194 Å². The first-order chi connectivity index (χ1) is 16.2. The van der Waals surface area contributed by atoms with Crippen molar-refractivity contribution in [1.82, 2.24) is 0 Å². The van der Waals surface area contributed by atoms with Gasteiger partial charge in [-0.15, -0.1) is 0 Å². The van der Waals surface area contributed by atoms with Crippen molar-refractivity contribution in [3.8, 4) is 11.1 Å². The lowest BCUT2D eigenvalue weighted by molar-refractivity contribution is -0.159. The molecule has 0 aromatic heterocycles.